The Morgan fingerprint density at radius 3 is 2.65 bits per heavy atom. The number of likely N-dealkylation sites (tertiary alicyclic amines) is 1. The highest BCUT2D eigenvalue weighted by atomic mass is 16.3. The van der Waals surface area contributed by atoms with Crippen LogP contribution in [0.5, 0.6) is 0 Å². The van der Waals surface area contributed by atoms with E-state index in [1.807, 2.05) is 69.3 Å². The summed E-state index contributed by atoms with van der Waals surface area (Å²) in [6, 6.07) is 12.7. The summed E-state index contributed by atoms with van der Waals surface area (Å²) in [7, 11) is 0. The predicted molar refractivity (Wildman–Crippen MR) is 145 cm³/mol. The second-order valence-corrected chi connectivity index (χ2v) is 10.2. The molecule has 0 saturated carbocycles. The van der Waals surface area contributed by atoms with E-state index in [4.69, 9.17) is 15.6 Å². The third-order valence-electron chi connectivity index (χ3n) is 7.53. The average molecular weight is 505 g/mol. The number of amidine groups is 1. The minimum Gasteiger partial charge on any atom is -0.456 e. The molecule has 0 bridgehead atoms. The van der Waals surface area contributed by atoms with E-state index < -0.39 is 6.04 Å². The van der Waals surface area contributed by atoms with Gasteiger partial charge in [-0.05, 0) is 61.9 Å². The molecule has 2 aromatic carbocycles. The van der Waals surface area contributed by atoms with Crippen molar-refractivity contribution in [1.82, 2.24) is 10.2 Å². The van der Waals surface area contributed by atoms with Crippen LogP contribution in [0.3, 0.4) is 0 Å². The lowest BCUT2D eigenvalue weighted by Gasteiger charge is -2.28. The smallest absolute Gasteiger partial charge is 0.243 e. The monoisotopic (exact) mass is 504 g/mol. The molecule has 4 rings (SSSR count). The Labute approximate surface area is 217 Å². The van der Waals surface area contributed by atoms with E-state index >= 15 is 0 Å². The van der Waals surface area contributed by atoms with Crippen LogP contribution in [0.1, 0.15) is 39.2 Å². The molecule has 0 radical (unpaired) electrons. The number of fused-ring (bicyclic) bond motifs is 3. The third kappa shape index (κ3) is 5.69. The molecule has 5 N–H and O–H groups in total. The van der Waals surface area contributed by atoms with Crippen LogP contribution in [0.25, 0.3) is 21.9 Å². The number of benzene rings is 2. The maximum absolute atomic E-state index is 13.4. The Morgan fingerprint density at radius 1 is 1.22 bits per heavy atom. The van der Waals surface area contributed by atoms with Crippen LogP contribution >= 0.6 is 0 Å². The summed E-state index contributed by atoms with van der Waals surface area (Å²) in [5, 5.41) is 22.5. The fourth-order valence-electron chi connectivity index (χ4n) is 5.11. The van der Waals surface area contributed by atoms with Crippen molar-refractivity contribution in [1.29, 1.82) is 5.41 Å². The van der Waals surface area contributed by atoms with Crippen LogP contribution in [0.15, 0.2) is 58.5 Å². The van der Waals surface area contributed by atoms with E-state index in [0.717, 1.165) is 33.1 Å². The fraction of sp³-hybridized carbons (Fsp3) is 0.414. The predicted octanol–water partition coefficient (Wildman–Crippen LogP) is 3.75. The summed E-state index contributed by atoms with van der Waals surface area (Å²) in [6.45, 7) is 6.04. The highest BCUT2D eigenvalue weighted by molar-refractivity contribution is 6.05. The Hall–Kier alpha value is -3.65. The van der Waals surface area contributed by atoms with E-state index in [2.05, 4.69) is 5.32 Å². The van der Waals surface area contributed by atoms with Gasteiger partial charge in [-0.2, -0.15) is 0 Å². The van der Waals surface area contributed by atoms with Gasteiger partial charge >= 0.3 is 0 Å². The molecule has 1 fully saturated rings. The lowest BCUT2D eigenvalue weighted by molar-refractivity contribution is -0.138. The van der Waals surface area contributed by atoms with Crippen LogP contribution in [0.4, 0.5) is 0 Å². The normalized spacial score (nSPS) is 19.8. The quantitative estimate of drug-likeness (QED) is 0.260. The summed E-state index contributed by atoms with van der Waals surface area (Å²) < 4.78 is 5.89. The van der Waals surface area contributed by atoms with Gasteiger partial charge in [-0.1, -0.05) is 37.3 Å². The number of para-hydroxylation sites is 1. The molecular formula is C29H36N4O4. The van der Waals surface area contributed by atoms with Gasteiger partial charge in [0.2, 0.25) is 11.8 Å². The molecule has 2 heterocycles. The van der Waals surface area contributed by atoms with Crippen molar-refractivity contribution >= 4 is 39.6 Å². The second kappa shape index (κ2) is 11.2. The third-order valence-corrected chi connectivity index (χ3v) is 7.53. The molecule has 0 aliphatic carbocycles. The number of amides is 2. The SMILES string of the molecule is C/C=C(\CC(C)[C@@H](C)NC(=O)C1C[C@@H](CO)CN1C(=O)Cc1ccc2oc3ccccc3c2c1)C(=N)N. The number of aliphatic hydroxyl groups is 1. The van der Waals surface area contributed by atoms with E-state index in [9.17, 15) is 14.7 Å². The van der Waals surface area contributed by atoms with E-state index in [1.165, 1.54) is 0 Å². The maximum atomic E-state index is 13.4. The van der Waals surface area contributed by atoms with Crippen molar-refractivity contribution in [2.24, 2.45) is 17.6 Å². The van der Waals surface area contributed by atoms with Gasteiger partial charge in [0.25, 0.3) is 0 Å². The number of hydrogen-bond acceptors (Lipinski definition) is 5. The number of aliphatic hydroxyl groups excluding tert-OH is 1. The Kier molecular flexibility index (Phi) is 7.97. The Balaban J connectivity index is 1.46. The number of carbonyl (C=O) groups excluding carboxylic acids is 2. The molecule has 0 spiro atoms. The molecule has 8 heteroatoms. The van der Waals surface area contributed by atoms with Gasteiger partial charge in [0.15, 0.2) is 0 Å². The lowest BCUT2D eigenvalue weighted by atomic mass is 9.93. The molecule has 2 amide bonds. The zero-order chi connectivity index (χ0) is 26.7. The largest absolute Gasteiger partial charge is 0.456 e. The minimum absolute atomic E-state index is 0.0350. The van der Waals surface area contributed by atoms with Crippen molar-refractivity contribution in [2.75, 3.05) is 13.2 Å². The number of nitrogens with two attached hydrogens (primary N) is 1. The molecule has 1 saturated heterocycles. The topological polar surface area (TPSA) is 133 Å². The van der Waals surface area contributed by atoms with E-state index in [1.54, 1.807) is 4.90 Å². The van der Waals surface area contributed by atoms with Gasteiger partial charge in [-0.3, -0.25) is 15.0 Å². The first-order chi connectivity index (χ1) is 17.7. The fourth-order valence-corrected chi connectivity index (χ4v) is 5.11. The van der Waals surface area contributed by atoms with Gasteiger partial charge < -0.3 is 25.5 Å². The lowest BCUT2D eigenvalue weighted by Crippen LogP contribution is -2.50. The standard InChI is InChI=1S/C29H36N4O4/c1-4-21(28(30)31)11-17(2)18(3)32-29(36)24-13-20(16-34)15-33(24)27(35)14-19-9-10-26-23(12-19)22-7-5-6-8-25(22)37-26/h4-10,12,17-18,20,24,34H,11,13-16H2,1-3H3,(H3,30,31)(H,32,36)/b21-4+/t17?,18-,20-,24?/m1/s1. The van der Waals surface area contributed by atoms with Gasteiger partial charge in [0.05, 0.1) is 6.42 Å². The van der Waals surface area contributed by atoms with Crippen molar-refractivity contribution in [2.45, 2.75) is 52.1 Å². The van der Waals surface area contributed by atoms with Gasteiger partial charge in [-0.15, -0.1) is 0 Å². The van der Waals surface area contributed by atoms with Crippen molar-refractivity contribution in [3.63, 3.8) is 0 Å². The number of carbonyl (C=O) groups is 2. The second-order valence-electron chi connectivity index (χ2n) is 10.2. The zero-order valence-electron chi connectivity index (χ0n) is 21.7. The molecular weight excluding hydrogens is 468 g/mol. The van der Waals surface area contributed by atoms with Gasteiger partial charge in [-0.25, -0.2) is 0 Å². The molecule has 1 aliphatic heterocycles. The molecule has 37 heavy (non-hydrogen) atoms. The number of furan rings is 1. The summed E-state index contributed by atoms with van der Waals surface area (Å²) in [5.41, 5.74) is 8.81. The summed E-state index contributed by atoms with van der Waals surface area (Å²) >= 11 is 0. The van der Waals surface area contributed by atoms with E-state index in [-0.39, 0.29) is 48.6 Å². The van der Waals surface area contributed by atoms with Crippen molar-refractivity contribution in [3.8, 4) is 0 Å². The van der Waals surface area contributed by atoms with E-state index in [0.29, 0.717) is 19.4 Å². The maximum Gasteiger partial charge on any atom is 0.243 e. The Bertz CT molecular complexity index is 1340. The number of hydrogen-bond donors (Lipinski definition) is 4. The zero-order valence-corrected chi connectivity index (χ0v) is 21.7. The minimum atomic E-state index is -0.633. The number of allylic oxidation sites excluding steroid dienone is 1. The first-order valence-corrected chi connectivity index (χ1v) is 12.8. The average Bonchev–Trinajstić information content (AvgIpc) is 3.48. The molecule has 196 valence electrons. The highest BCUT2D eigenvalue weighted by Crippen LogP contribution is 2.30. The van der Waals surface area contributed by atoms with Gasteiger partial charge in [0.1, 0.15) is 23.0 Å². The van der Waals surface area contributed by atoms with Crippen LogP contribution in [0, 0.1) is 17.2 Å². The van der Waals surface area contributed by atoms with Crippen LogP contribution in [-0.2, 0) is 16.0 Å². The number of rotatable bonds is 9. The number of nitrogens with zero attached hydrogens (tertiary/aromatic N) is 1. The first kappa shape index (κ1) is 26.4. The van der Waals surface area contributed by atoms with Crippen LogP contribution < -0.4 is 11.1 Å². The molecule has 3 aromatic rings. The van der Waals surface area contributed by atoms with Crippen molar-refractivity contribution in [3.05, 3.63) is 59.7 Å². The summed E-state index contributed by atoms with van der Waals surface area (Å²) in [5.74, 6) is -0.413. The highest BCUT2D eigenvalue weighted by Gasteiger charge is 2.39. The molecule has 8 nitrogen and oxygen atoms in total. The number of nitrogens with one attached hydrogen (secondary N) is 2. The molecule has 1 aliphatic rings. The van der Waals surface area contributed by atoms with Gasteiger partial charge in [0, 0.05) is 35.9 Å². The Morgan fingerprint density at radius 2 is 1.95 bits per heavy atom. The van der Waals surface area contributed by atoms with Crippen LogP contribution in [-0.4, -0.2) is 52.9 Å². The molecule has 4 atom stereocenters. The summed E-state index contributed by atoms with van der Waals surface area (Å²) in [6.07, 6.45) is 2.98. The first-order valence-electron chi connectivity index (χ1n) is 12.8. The van der Waals surface area contributed by atoms with Crippen LogP contribution in [0.2, 0.25) is 0 Å². The molecule has 2 unspecified atom stereocenters. The van der Waals surface area contributed by atoms with Crippen molar-refractivity contribution < 1.29 is 19.1 Å². The molecule has 1 aromatic heterocycles. The summed E-state index contributed by atoms with van der Waals surface area (Å²) in [4.78, 5) is 28.3.